The second-order valence-electron chi connectivity index (χ2n) is 4.45. The predicted octanol–water partition coefficient (Wildman–Crippen LogP) is 0.786. The zero-order valence-electron chi connectivity index (χ0n) is 10.8. The molecule has 0 spiro atoms. The number of amides is 1. The molecule has 1 aromatic carbocycles. The highest BCUT2D eigenvalue weighted by molar-refractivity contribution is 7.77. The summed E-state index contributed by atoms with van der Waals surface area (Å²) in [5.41, 5.74) is 3.45. The van der Waals surface area contributed by atoms with Gasteiger partial charge in [0.15, 0.2) is 0 Å². The Hall–Kier alpha value is -2.29. The van der Waals surface area contributed by atoms with Crippen LogP contribution in [0.15, 0.2) is 30.7 Å². The minimum atomic E-state index is -2.32. The van der Waals surface area contributed by atoms with E-state index in [2.05, 4.69) is 20.0 Å². The van der Waals surface area contributed by atoms with Crippen molar-refractivity contribution in [3.63, 3.8) is 0 Å². The van der Waals surface area contributed by atoms with Gasteiger partial charge in [-0.15, -0.1) is 0 Å². The van der Waals surface area contributed by atoms with Crippen LogP contribution in [0.1, 0.15) is 16.8 Å². The molecule has 0 saturated carbocycles. The molecular formula is C13H11N4O3S-. The standard InChI is InChI=1S/C13H12N4O3S/c18-13-11(4-9-6-14-7-15-9)10-3-8(5-16-21(19)20)1-2-12(10)17-13/h1-4,6-7,16H,5H2,(H,14,15)(H,17,18)(H,19,20)/p-1/b11-4-. The maximum absolute atomic E-state index is 12.0. The Bertz CT molecular complexity index is 740. The van der Waals surface area contributed by atoms with E-state index in [1.807, 2.05) is 0 Å². The summed E-state index contributed by atoms with van der Waals surface area (Å²) in [6.45, 7) is 0.176. The van der Waals surface area contributed by atoms with E-state index in [4.69, 9.17) is 0 Å². The Kier molecular flexibility index (Phi) is 3.65. The number of hydrogen-bond donors (Lipinski definition) is 3. The molecule has 3 rings (SSSR count). The fourth-order valence-electron chi connectivity index (χ4n) is 2.13. The number of imidazole rings is 1. The first-order valence-corrected chi connectivity index (χ1v) is 7.18. The molecule has 3 N–H and O–H groups in total. The van der Waals surface area contributed by atoms with Gasteiger partial charge in [-0.05, 0) is 23.8 Å². The molecule has 0 saturated heterocycles. The summed E-state index contributed by atoms with van der Waals surface area (Å²) in [6.07, 6.45) is 4.85. The summed E-state index contributed by atoms with van der Waals surface area (Å²) in [5, 5.41) is 2.77. The third-order valence-electron chi connectivity index (χ3n) is 3.08. The van der Waals surface area contributed by atoms with Crippen LogP contribution in [0.3, 0.4) is 0 Å². The molecule has 1 aliphatic rings. The molecule has 108 valence electrons. The molecule has 0 fully saturated rings. The molecule has 7 nitrogen and oxygen atoms in total. The smallest absolute Gasteiger partial charge is 0.256 e. The largest absolute Gasteiger partial charge is 0.760 e. The Morgan fingerprint density at radius 2 is 2.29 bits per heavy atom. The molecule has 21 heavy (non-hydrogen) atoms. The van der Waals surface area contributed by atoms with Gasteiger partial charge in [-0.3, -0.25) is 9.00 Å². The SMILES string of the molecule is O=C1Nc2ccc(CNS(=O)[O-])cc2/C1=C/c1cnc[nH]1. The van der Waals surface area contributed by atoms with Crippen LogP contribution in [-0.4, -0.2) is 24.6 Å². The number of carbonyl (C=O) groups is 1. The van der Waals surface area contributed by atoms with E-state index in [0.717, 1.165) is 16.8 Å². The second-order valence-corrected chi connectivity index (χ2v) is 5.21. The van der Waals surface area contributed by atoms with E-state index < -0.39 is 11.3 Å². The van der Waals surface area contributed by atoms with Crippen molar-refractivity contribution in [3.8, 4) is 0 Å². The van der Waals surface area contributed by atoms with Gasteiger partial charge >= 0.3 is 0 Å². The number of fused-ring (bicyclic) bond motifs is 1. The molecule has 1 aromatic heterocycles. The molecular weight excluding hydrogens is 292 g/mol. The highest BCUT2D eigenvalue weighted by Crippen LogP contribution is 2.33. The van der Waals surface area contributed by atoms with Crippen LogP contribution in [0, 0.1) is 0 Å². The van der Waals surface area contributed by atoms with Gasteiger partial charge in [-0.2, -0.15) is 0 Å². The summed E-state index contributed by atoms with van der Waals surface area (Å²) in [5.74, 6) is -0.197. The molecule has 2 heterocycles. The van der Waals surface area contributed by atoms with Crippen molar-refractivity contribution in [2.45, 2.75) is 6.54 Å². The predicted molar refractivity (Wildman–Crippen MR) is 77.3 cm³/mol. The van der Waals surface area contributed by atoms with E-state index in [1.165, 1.54) is 6.33 Å². The highest BCUT2D eigenvalue weighted by atomic mass is 32.2. The topological polar surface area (TPSA) is 110 Å². The maximum Gasteiger partial charge on any atom is 0.256 e. The van der Waals surface area contributed by atoms with Crippen molar-refractivity contribution < 1.29 is 13.6 Å². The number of rotatable bonds is 4. The zero-order chi connectivity index (χ0) is 14.8. The molecule has 1 amide bonds. The van der Waals surface area contributed by atoms with E-state index in [0.29, 0.717) is 11.3 Å². The maximum atomic E-state index is 12.0. The third-order valence-corrected chi connectivity index (χ3v) is 3.46. The number of nitrogens with one attached hydrogen (secondary N) is 3. The fourth-order valence-corrected chi connectivity index (χ4v) is 2.42. The van der Waals surface area contributed by atoms with E-state index in [1.54, 1.807) is 30.5 Å². The quantitative estimate of drug-likeness (QED) is 0.573. The van der Waals surface area contributed by atoms with Gasteiger partial charge in [0.05, 0.1) is 23.8 Å². The van der Waals surface area contributed by atoms with Gasteiger partial charge in [0.25, 0.3) is 5.91 Å². The normalized spacial score (nSPS) is 16.8. The highest BCUT2D eigenvalue weighted by Gasteiger charge is 2.24. The first-order chi connectivity index (χ1) is 10.1. The van der Waals surface area contributed by atoms with Gasteiger partial charge in [-0.1, -0.05) is 6.07 Å². The molecule has 0 bridgehead atoms. The number of carbonyl (C=O) groups excluding carboxylic acids is 1. The van der Waals surface area contributed by atoms with Crippen molar-refractivity contribution in [2.24, 2.45) is 0 Å². The number of aromatic nitrogens is 2. The lowest BCUT2D eigenvalue weighted by atomic mass is 10.0. The number of H-pyrrole nitrogens is 1. The van der Waals surface area contributed by atoms with E-state index in [-0.39, 0.29) is 12.5 Å². The minimum Gasteiger partial charge on any atom is -0.760 e. The van der Waals surface area contributed by atoms with Gasteiger partial charge < -0.3 is 14.9 Å². The number of aromatic amines is 1. The van der Waals surface area contributed by atoms with Crippen LogP contribution in [0.25, 0.3) is 11.6 Å². The Labute approximate surface area is 122 Å². The zero-order valence-corrected chi connectivity index (χ0v) is 11.6. The van der Waals surface area contributed by atoms with Crippen molar-refractivity contribution in [1.29, 1.82) is 0 Å². The average molecular weight is 303 g/mol. The van der Waals surface area contributed by atoms with Crippen LogP contribution in [0.2, 0.25) is 0 Å². The van der Waals surface area contributed by atoms with E-state index >= 15 is 0 Å². The number of hydrogen-bond acceptors (Lipinski definition) is 4. The molecule has 1 aliphatic heterocycles. The van der Waals surface area contributed by atoms with Crippen LogP contribution >= 0.6 is 0 Å². The summed E-state index contributed by atoms with van der Waals surface area (Å²) >= 11 is -2.32. The van der Waals surface area contributed by atoms with Crippen molar-refractivity contribution in [2.75, 3.05) is 5.32 Å². The molecule has 0 radical (unpaired) electrons. The molecule has 0 aliphatic carbocycles. The van der Waals surface area contributed by atoms with E-state index in [9.17, 15) is 13.6 Å². The van der Waals surface area contributed by atoms with Crippen LogP contribution in [0.4, 0.5) is 5.69 Å². The number of benzene rings is 1. The van der Waals surface area contributed by atoms with Crippen molar-refractivity contribution >= 4 is 34.5 Å². The number of nitrogens with zero attached hydrogens (tertiary/aromatic N) is 1. The second kappa shape index (κ2) is 5.60. The Balaban J connectivity index is 1.95. The molecule has 2 aromatic rings. The summed E-state index contributed by atoms with van der Waals surface area (Å²) in [4.78, 5) is 18.8. The first-order valence-electron chi connectivity index (χ1n) is 6.11. The minimum absolute atomic E-state index is 0.176. The van der Waals surface area contributed by atoms with Gasteiger partial charge in [0.1, 0.15) is 0 Å². The Morgan fingerprint density at radius 1 is 1.43 bits per heavy atom. The average Bonchev–Trinajstić information content (AvgIpc) is 3.06. The first kappa shape index (κ1) is 13.7. The monoisotopic (exact) mass is 303 g/mol. The third kappa shape index (κ3) is 2.92. The summed E-state index contributed by atoms with van der Waals surface area (Å²) < 4.78 is 23.4. The van der Waals surface area contributed by atoms with Crippen molar-refractivity contribution in [1.82, 2.24) is 14.7 Å². The van der Waals surface area contributed by atoms with Crippen LogP contribution < -0.4 is 10.0 Å². The van der Waals surface area contributed by atoms with Crippen molar-refractivity contribution in [3.05, 3.63) is 47.5 Å². The molecule has 1 atom stereocenters. The van der Waals surface area contributed by atoms with Gasteiger partial charge in [0.2, 0.25) is 0 Å². The summed E-state index contributed by atoms with van der Waals surface area (Å²) in [6, 6.07) is 5.30. The fraction of sp³-hybridized carbons (Fsp3) is 0.0769. The van der Waals surface area contributed by atoms with Crippen LogP contribution in [0.5, 0.6) is 0 Å². The molecule has 1 unspecified atom stereocenters. The lowest BCUT2D eigenvalue weighted by Gasteiger charge is -2.08. The van der Waals surface area contributed by atoms with Gasteiger partial charge in [-0.25, -0.2) is 9.71 Å². The molecule has 8 heteroatoms. The Morgan fingerprint density at radius 3 is 3.00 bits per heavy atom. The number of anilines is 1. The van der Waals surface area contributed by atoms with Crippen LogP contribution in [-0.2, 0) is 22.6 Å². The lowest BCUT2D eigenvalue weighted by molar-refractivity contribution is -0.110. The van der Waals surface area contributed by atoms with Gasteiger partial charge in [0, 0.05) is 29.1 Å². The lowest BCUT2D eigenvalue weighted by Crippen LogP contribution is -2.15. The summed E-state index contributed by atoms with van der Waals surface area (Å²) in [7, 11) is 0.